The van der Waals surface area contributed by atoms with Gasteiger partial charge in [0.1, 0.15) is 18.1 Å². The molecule has 1 unspecified atom stereocenters. The van der Waals surface area contributed by atoms with Crippen LogP contribution >= 0.6 is 11.3 Å². The zero-order valence-electron chi connectivity index (χ0n) is 41.3. The molecular formula is C52H69N9O7S. The lowest BCUT2D eigenvalue weighted by Gasteiger charge is -2.48. The van der Waals surface area contributed by atoms with Crippen molar-refractivity contribution in [2.75, 3.05) is 53.5 Å². The fourth-order valence-corrected chi connectivity index (χ4v) is 11.9. The van der Waals surface area contributed by atoms with Gasteiger partial charge in [0.05, 0.1) is 35.3 Å². The molecule has 0 aliphatic carbocycles. The van der Waals surface area contributed by atoms with Gasteiger partial charge in [-0.05, 0) is 99.1 Å². The van der Waals surface area contributed by atoms with E-state index in [4.69, 9.17) is 19.4 Å². The maximum atomic E-state index is 14.7. The number of nitrogens with one attached hydrogen (secondary N) is 2. The van der Waals surface area contributed by atoms with Gasteiger partial charge in [-0.1, -0.05) is 40.3 Å². The summed E-state index contributed by atoms with van der Waals surface area (Å²) in [4.78, 5) is 85.0. The largest absolute Gasteiger partial charge is 0.464 e. The van der Waals surface area contributed by atoms with Gasteiger partial charge in [-0.2, -0.15) is 0 Å². The molecule has 5 amide bonds. The quantitative estimate of drug-likeness (QED) is 0.138. The SMILES string of the molecule is C=CC(=O)N1CCCC2(CCN(C(=O)N(C)C(C(=O)N[C@H]3Cc4nc(cs4)-c4ccc5c(c4)c(c(-c4cccnc4COC)n5CC)CC(C)(C)COC(=O)[C@@H]4CCCN(N4)C3=O)C(C)C)CC2)C1. The summed E-state index contributed by atoms with van der Waals surface area (Å²) in [5, 5.41) is 8.20. The maximum Gasteiger partial charge on any atom is 0.324 e. The number of piperidine rings is 2. The molecule has 17 heteroatoms. The van der Waals surface area contributed by atoms with Crippen molar-refractivity contribution in [1.29, 1.82) is 0 Å². The fourth-order valence-electron chi connectivity index (χ4n) is 11.0. The van der Waals surface area contributed by atoms with Crippen LogP contribution in [0.25, 0.3) is 33.4 Å². The molecule has 4 aliphatic heterocycles. The Hall–Kier alpha value is -5.65. The van der Waals surface area contributed by atoms with Crippen LogP contribution in [0.1, 0.15) is 89.4 Å². The van der Waals surface area contributed by atoms with Crippen LogP contribution in [0.3, 0.4) is 0 Å². The Morgan fingerprint density at radius 2 is 1.87 bits per heavy atom. The van der Waals surface area contributed by atoms with E-state index in [1.165, 1.54) is 27.3 Å². The van der Waals surface area contributed by atoms with Crippen LogP contribution in [-0.2, 0) is 54.6 Å². The number of fused-ring (bicyclic) bond motifs is 6. The number of carbonyl (C=O) groups excluding carboxylic acids is 5. The summed E-state index contributed by atoms with van der Waals surface area (Å²) in [5.41, 5.74) is 9.28. The Bertz CT molecular complexity index is 2580. The van der Waals surface area contributed by atoms with Crippen molar-refractivity contribution >= 4 is 52.0 Å². The highest BCUT2D eigenvalue weighted by atomic mass is 32.1. The van der Waals surface area contributed by atoms with Gasteiger partial charge in [-0.3, -0.25) is 29.2 Å². The number of urea groups is 1. The number of amides is 5. The van der Waals surface area contributed by atoms with E-state index in [0.717, 1.165) is 70.4 Å². The zero-order valence-corrected chi connectivity index (χ0v) is 42.2. The number of pyridine rings is 1. The van der Waals surface area contributed by atoms with E-state index in [2.05, 4.69) is 66.9 Å². The molecule has 1 aromatic carbocycles. The normalized spacial score (nSPS) is 21.2. The molecule has 0 saturated carbocycles. The number of aryl methyl sites for hydroxylation is 1. The number of hydrazine groups is 1. The first-order chi connectivity index (χ1) is 33.1. The Kier molecular flexibility index (Phi) is 15.0. The number of likely N-dealkylation sites (tertiary alicyclic amines) is 2. The minimum Gasteiger partial charge on any atom is -0.464 e. The molecule has 8 rings (SSSR count). The van der Waals surface area contributed by atoms with E-state index >= 15 is 0 Å². The molecule has 69 heavy (non-hydrogen) atoms. The lowest BCUT2D eigenvalue weighted by Crippen LogP contribution is -2.62. The van der Waals surface area contributed by atoms with E-state index < -0.39 is 41.3 Å². The second kappa shape index (κ2) is 20.7. The molecule has 370 valence electrons. The first-order valence-electron chi connectivity index (χ1n) is 24.6. The summed E-state index contributed by atoms with van der Waals surface area (Å²) in [6.45, 7) is 17.7. The van der Waals surface area contributed by atoms with Crippen LogP contribution in [0.2, 0.25) is 0 Å². The minimum absolute atomic E-state index is 0.0517. The van der Waals surface area contributed by atoms with Gasteiger partial charge in [0.2, 0.25) is 11.8 Å². The molecule has 3 aromatic heterocycles. The minimum atomic E-state index is -1.07. The number of carbonyl (C=O) groups is 5. The molecule has 4 aliphatic rings. The average Bonchev–Trinajstić information content (AvgIpc) is 3.94. The van der Waals surface area contributed by atoms with Crippen molar-refractivity contribution < 1.29 is 33.4 Å². The third-order valence-electron chi connectivity index (χ3n) is 14.6. The second-order valence-electron chi connectivity index (χ2n) is 20.5. The number of benzene rings is 1. The first-order valence-corrected chi connectivity index (χ1v) is 25.4. The van der Waals surface area contributed by atoms with E-state index in [0.29, 0.717) is 70.1 Å². The Labute approximate surface area is 409 Å². The van der Waals surface area contributed by atoms with Gasteiger partial charge in [0.25, 0.3) is 5.91 Å². The van der Waals surface area contributed by atoms with E-state index in [1.54, 1.807) is 25.3 Å². The standard InChI is InChI=1S/C52H69N9O7S/c1-9-44(62)59-22-13-18-52(31-59)19-24-58(25-20-52)50(66)57(7)45(33(3)4)47(63)55-39-27-43-54-41(30-69-43)34-16-17-42-36(26-34)37(46(60(42)10-2)35-14-11-21-53-40(35)29-67-8)28-51(5,6)32-68-49(65)38-15-12-23-61(56-38)48(39)64/h9,11,14,16-17,21,26,30,33,38-39,45,56H,1,10,12-13,15,18-20,22-25,27-29,31-32H2,2-8H3,(H,55,63)/t38-,39-,45?/m0/s1. The smallest absolute Gasteiger partial charge is 0.324 e. The summed E-state index contributed by atoms with van der Waals surface area (Å²) in [6.07, 6.45) is 8.28. The van der Waals surface area contributed by atoms with Gasteiger partial charge in [-0.15, -0.1) is 11.3 Å². The number of aromatic nitrogens is 3. The molecule has 4 aromatic rings. The number of likely N-dealkylation sites (N-methyl/N-ethyl adjacent to an activating group) is 1. The number of rotatable bonds is 9. The Morgan fingerprint density at radius 1 is 1.09 bits per heavy atom. The number of methoxy groups -OCH3 is 1. The molecule has 0 radical (unpaired) electrons. The van der Waals surface area contributed by atoms with Crippen molar-refractivity contribution in [2.45, 2.75) is 117 Å². The van der Waals surface area contributed by atoms with Crippen LogP contribution in [0.4, 0.5) is 4.79 Å². The molecule has 3 fully saturated rings. The van der Waals surface area contributed by atoms with Crippen molar-refractivity contribution in [1.82, 2.24) is 45.0 Å². The summed E-state index contributed by atoms with van der Waals surface area (Å²) in [7, 11) is 3.32. The van der Waals surface area contributed by atoms with Crippen molar-refractivity contribution in [3.63, 3.8) is 0 Å². The van der Waals surface area contributed by atoms with Crippen LogP contribution < -0.4 is 10.7 Å². The van der Waals surface area contributed by atoms with Gasteiger partial charge in [0.15, 0.2) is 0 Å². The highest BCUT2D eigenvalue weighted by Crippen LogP contribution is 2.42. The lowest BCUT2D eigenvalue weighted by molar-refractivity contribution is -0.155. The van der Waals surface area contributed by atoms with Gasteiger partial charge in [0, 0.05) is 98.9 Å². The second-order valence-corrected chi connectivity index (χ2v) is 21.5. The number of nitrogens with zero attached hydrogens (tertiary/aromatic N) is 7. The summed E-state index contributed by atoms with van der Waals surface area (Å²) < 4.78 is 14.0. The molecule has 6 bridgehead atoms. The van der Waals surface area contributed by atoms with Crippen LogP contribution in [0.15, 0.2) is 54.6 Å². The van der Waals surface area contributed by atoms with Crippen LogP contribution in [0, 0.1) is 16.7 Å². The third kappa shape index (κ3) is 10.5. The molecular weight excluding hydrogens is 895 g/mol. The van der Waals surface area contributed by atoms with Crippen LogP contribution in [0.5, 0.6) is 0 Å². The topological polar surface area (TPSA) is 172 Å². The van der Waals surface area contributed by atoms with Crippen molar-refractivity contribution in [2.24, 2.45) is 16.7 Å². The van der Waals surface area contributed by atoms with Crippen molar-refractivity contribution in [3.8, 4) is 22.5 Å². The number of cyclic esters (lactones) is 1. The average molecular weight is 964 g/mol. The fraction of sp³-hybridized carbons (Fsp3) is 0.558. The summed E-state index contributed by atoms with van der Waals surface area (Å²) >= 11 is 1.42. The third-order valence-corrected chi connectivity index (χ3v) is 15.5. The van der Waals surface area contributed by atoms with E-state index in [9.17, 15) is 24.0 Å². The zero-order chi connectivity index (χ0) is 49.2. The number of hydrogen-bond acceptors (Lipinski definition) is 11. The summed E-state index contributed by atoms with van der Waals surface area (Å²) in [5.74, 6) is -1.66. The monoisotopic (exact) mass is 964 g/mol. The van der Waals surface area contributed by atoms with Crippen molar-refractivity contribution in [3.05, 3.63) is 70.8 Å². The van der Waals surface area contributed by atoms with E-state index in [-0.39, 0.29) is 36.3 Å². The Balaban J connectivity index is 1.09. The lowest BCUT2D eigenvalue weighted by atomic mass is 9.72. The van der Waals surface area contributed by atoms with Gasteiger partial charge in [-0.25, -0.2) is 15.2 Å². The Morgan fingerprint density at radius 3 is 2.59 bits per heavy atom. The molecule has 16 nitrogen and oxygen atoms in total. The first kappa shape index (κ1) is 49.8. The maximum absolute atomic E-state index is 14.7. The predicted molar refractivity (Wildman–Crippen MR) is 266 cm³/mol. The molecule has 1 spiro atoms. The molecule has 2 N–H and O–H groups in total. The van der Waals surface area contributed by atoms with Crippen LogP contribution in [-0.4, -0.2) is 136 Å². The number of esters is 1. The van der Waals surface area contributed by atoms with E-state index in [1.807, 2.05) is 30.2 Å². The number of ether oxygens (including phenoxy) is 2. The molecule has 7 heterocycles. The summed E-state index contributed by atoms with van der Waals surface area (Å²) in [6, 6.07) is 7.42. The number of thiazole rings is 1. The molecule has 3 saturated heterocycles. The number of hydrogen-bond donors (Lipinski definition) is 2. The highest BCUT2D eigenvalue weighted by Gasteiger charge is 2.43. The van der Waals surface area contributed by atoms with Gasteiger partial charge < -0.3 is 34.1 Å². The predicted octanol–water partition coefficient (Wildman–Crippen LogP) is 6.61. The van der Waals surface area contributed by atoms with Gasteiger partial charge >= 0.3 is 12.0 Å². The highest BCUT2D eigenvalue weighted by molar-refractivity contribution is 7.10. The molecule has 3 atom stereocenters.